The van der Waals surface area contributed by atoms with E-state index in [1.807, 2.05) is 42.5 Å². The Bertz CT molecular complexity index is 224. The van der Waals surface area contributed by atoms with Crippen LogP contribution in [-0.4, -0.2) is 5.37 Å². The SMILES string of the molecule is S=C/C=C\c1ccccc1. The normalized spacial score (nSPS) is 10.0. The third-order valence-corrected chi connectivity index (χ3v) is 1.32. The van der Waals surface area contributed by atoms with E-state index in [0.29, 0.717) is 0 Å². The standard InChI is InChI=1S/C9H8S/c10-8-4-7-9-5-2-1-3-6-9/h1-8H/b7-4-. The highest BCUT2D eigenvalue weighted by Gasteiger charge is 1.78. The molecule has 0 aliphatic rings. The Balaban J connectivity index is 2.76. The summed E-state index contributed by atoms with van der Waals surface area (Å²) in [6.07, 6.45) is 3.83. The molecule has 0 N–H and O–H groups in total. The van der Waals surface area contributed by atoms with Gasteiger partial charge in [-0.05, 0) is 5.56 Å². The molecule has 0 bridgehead atoms. The maximum Gasteiger partial charge on any atom is 0.00137 e. The zero-order chi connectivity index (χ0) is 7.23. The van der Waals surface area contributed by atoms with Crippen LogP contribution in [0.1, 0.15) is 5.56 Å². The Hall–Kier alpha value is -0.950. The van der Waals surface area contributed by atoms with E-state index in [9.17, 15) is 0 Å². The van der Waals surface area contributed by atoms with Gasteiger partial charge >= 0.3 is 0 Å². The molecule has 0 spiro atoms. The molecule has 0 saturated heterocycles. The number of hydrogen-bond donors (Lipinski definition) is 0. The van der Waals surface area contributed by atoms with Gasteiger partial charge in [0.15, 0.2) is 0 Å². The highest BCUT2D eigenvalue weighted by molar-refractivity contribution is 7.79. The predicted octanol–water partition coefficient (Wildman–Crippen LogP) is 2.70. The number of allylic oxidation sites excluding steroid dienone is 1. The molecule has 0 aliphatic carbocycles. The Morgan fingerprint density at radius 3 is 2.40 bits per heavy atom. The lowest BCUT2D eigenvalue weighted by atomic mass is 10.2. The van der Waals surface area contributed by atoms with Crippen molar-refractivity contribution in [3.63, 3.8) is 0 Å². The highest BCUT2D eigenvalue weighted by atomic mass is 32.1. The van der Waals surface area contributed by atoms with Crippen LogP contribution >= 0.6 is 12.2 Å². The van der Waals surface area contributed by atoms with Crippen molar-refractivity contribution in [3.05, 3.63) is 42.0 Å². The largest absolute Gasteiger partial charge is 0.0887 e. The lowest BCUT2D eigenvalue weighted by Crippen LogP contribution is -1.67. The average molecular weight is 148 g/mol. The quantitative estimate of drug-likeness (QED) is 0.459. The van der Waals surface area contributed by atoms with Crippen LogP contribution in [0.15, 0.2) is 36.4 Å². The van der Waals surface area contributed by atoms with Gasteiger partial charge in [-0.1, -0.05) is 54.7 Å². The van der Waals surface area contributed by atoms with Crippen molar-refractivity contribution in [2.75, 3.05) is 0 Å². The zero-order valence-electron chi connectivity index (χ0n) is 5.53. The van der Waals surface area contributed by atoms with E-state index in [1.165, 1.54) is 5.56 Å². The van der Waals surface area contributed by atoms with E-state index in [2.05, 4.69) is 12.2 Å². The van der Waals surface area contributed by atoms with Gasteiger partial charge in [0.2, 0.25) is 0 Å². The molecule has 1 aromatic carbocycles. The number of thiocarbonyl (C=S) groups is 1. The van der Waals surface area contributed by atoms with Crippen LogP contribution in [0.3, 0.4) is 0 Å². The molecule has 0 aliphatic heterocycles. The summed E-state index contributed by atoms with van der Waals surface area (Å²) in [6, 6.07) is 10.1. The third-order valence-electron chi connectivity index (χ3n) is 1.17. The Labute approximate surface area is 66.2 Å². The van der Waals surface area contributed by atoms with Crippen molar-refractivity contribution in [2.24, 2.45) is 0 Å². The van der Waals surface area contributed by atoms with Gasteiger partial charge in [0, 0.05) is 5.37 Å². The molecule has 0 saturated carbocycles. The first kappa shape index (κ1) is 7.16. The van der Waals surface area contributed by atoms with Crippen molar-refractivity contribution in [2.45, 2.75) is 0 Å². The van der Waals surface area contributed by atoms with E-state index in [4.69, 9.17) is 0 Å². The van der Waals surface area contributed by atoms with Crippen LogP contribution in [0.5, 0.6) is 0 Å². The lowest BCUT2D eigenvalue weighted by molar-refractivity contribution is 1.66. The van der Waals surface area contributed by atoms with Crippen molar-refractivity contribution >= 4 is 23.7 Å². The molecular weight excluding hydrogens is 140 g/mol. The lowest BCUT2D eigenvalue weighted by Gasteiger charge is -1.87. The van der Waals surface area contributed by atoms with E-state index in [0.717, 1.165) is 0 Å². The molecule has 1 rings (SSSR count). The summed E-state index contributed by atoms with van der Waals surface area (Å²) < 4.78 is 0. The second-order valence-corrected chi connectivity index (χ2v) is 2.18. The molecule has 0 heterocycles. The molecule has 0 radical (unpaired) electrons. The Morgan fingerprint density at radius 1 is 1.10 bits per heavy atom. The molecule has 0 aromatic heterocycles. The molecule has 50 valence electrons. The molecule has 0 nitrogen and oxygen atoms in total. The highest BCUT2D eigenvalue weighted by Crippen LogP contribution is 1.99. The van der Waals surface area contributed by atoms with Crippen LogP contribution < -0.4 is 0 Å². The second kappa shape index (κ2) is 3.96. The smallest absolute Gasteiger partial charge is 0.00137 e. The van der Waals surface area contributed by atoms with Crippen LogP contribution in [0.25, 0.3) is 6.08 Å². The van der Waals surface area contributed by atoms with Gasteiger partial charge in [0.1, 0.15) is 0 Å². The third kappa shape index (κ3) is 2.11. The van der Waals surface area contributed by atoms with Gasteiger partial charge in [0.25, 0.3) is 0 Å². The van der Waals surface area contributed by atoms with Crippen LogP contribution in [-0.2, 0) is 0 Å². The van der Waals surface area contributed by atoms with Crippen molar-refractivity contribution in [3.8, 4) is 0 Å². The van der Waals surface area contributed by atoms with Crippen molar-refractivity contribution in [1.29, 1.82) is 0 Å². The summed E-state index contributed by atoms with van der Waals surface area (Å²) in [5, 5.41) is 1.60. The van der Waals surface area contributed by atoms with Crippen molar-refractivity contribution in [1.82, 2.24) is 0 Å². The number of rotatable bonds is 2. The summed E-state index contributed by atoms with van der Waals surface area (Å²) >= 11 is 4.64. The molecule has 10 heavy (non-hydrogen) atoms. The topological polar surface area (TPSA) is 0 Å². The van der Waals surface area contributed by atoms with E-state index >= 15 is 0 Å². The van der Waals surface area contributed by atoms with Crippen LogP contribution in [0.4, 0.5) is 0 Å². The van der Waals surface area contributed by atoms with E-state index in [-0.39, 0.29) is 0 Å². The first-order chi connectivity index (χ1) is 4.93. The first-order valence-electron chi connectivity index (χ1n) is 3.10. The summed E-state index contributed by atoms with van der Waals surface area (Å²) in [4.78, 5) is 0. The number of hydrogen-bond acceptors (Lipinski definition) is 1. The fourth-order valence-corrected chi connectivity index (χ4v) is 0.793. The van der Waals surface area contributed by atoms with Gasteiger partial charge in [-0.15, -0.1) is 0 Å². The Morgan fingerprint density at radius 2 is 1.80 bits per heavy atom. The summed E-state index contributed by atoms with van der Waals surface area (Å²) in [5.41, 5.74) is 1.18. The first-order valence-corrected chi connectivity index (χ1v) is 3.57. The van der Waals surface area contributed by atoms with Gasteiger partial charge in [-0.3, -0.25) is 0 Å². The minimum atomic E-state index is 1.18. The molecule has 1 heteroatoms. The molecule has 1 aromatic rings. The summed E-state index contributed by atoms with van der Waals surface area (Å²) in [6.45, 7) is 0. The molecule has 0 amide bonds. The van der Waals surface area contributed by atoms with Gasteiger partial charge in [-0.2, -0.15) is 0 Å². The van der Waals surface area contributed by atoms with E-state index < -0.39 is 0 Å². The molecule has 0 fully saturated rings. The van der Waals surface area contributed by atoms with Gasteiger partial charge in [0.05, 0.1) is 0 Å². The predicted molar refractivity (Wildman–Crippen MR) is 49.1 cm³/mol. The molecule has 0 atom stereocenters. The fourth-order valence-electron chi connectivity index (χ4n) is 0.715. The minimum Gasteiger partial charge on any atom is -0.0887 e. The van der Waals surface area contributed by atoms with Gasteiger partial charge in [-0.25, -0.2) is 0 Å². The Kier molecular flexibility index (Phi) is 2.84. The second-order valence-electron chi connectivity index (χ2n) is 1.91. The number of benzene rings is 1. The maximum absolute atomic E-state index is 4.64. The zero-order valence-corrected chi connectivity index (χ0v) is 6.34. The van der Waals surface area contributed by atoms with Gasteiger partial charge < -0.3 is 0 Å². The van der Waals surface area contributed by atoms with Crippen LogP contribution in [0, 0.1) is 0 Å². The minimum absolute atomic E-state index is 1.18. The maximum atomic E-state index is 4.64. The van der Waals surface area contributed by atoms with Crippen molar-refractivity contribution < 1.29 is 0 Å². The fraction of sp³-hybridized carbons (Fsp3) is 0. The average Bonchev–Trinajstić information content (AvgIpc) is 2.03. The molecule has 0 unspecified atom stereocenters. The summed E-state index contributed by atoms with van der Waals surface area (Å²) in [5.74, 6) is 0. The summed E-state index contributed by atoms with van der Waals surface area (Å²) in [7, 11) is 0. The van der Waals surface area contributed by atoms with Crippen LogP contribution in [0.2, 0.25) is 0 Å². The van der Waals surface area contributed by atoms with E-state index in [1.54, 1.807) is 5.37 Å². The molecular formula is C9H8S. The monoisotopic (exact) mass is 148 g/mol.